The van der Waals surface area contributed by atoms with Gasteiger partial charge in [-0.1, -0.05) is 48.5 Å². The van der Waals surface area contributed by atoms with E-state index in [2.05, 4.69) is 10.6 Å². The average Bonchev–Trinajstić information content (AvgIpc) is 3.01. The lowest BCUT2D eigenvalue weighted by atomic mass is 10.0. The van der Waals surface area contributed by atoms with Crippen LogP contribution in [0.3, 0.4) is 0 Å². The molecule has 0 aromatic heterocycles. The minimum atomic E-state index is -0.630. The number of aliphatic hydroxyl groups excluding tert-OH is 2. The van der Waals surface area contributed by atoms with Gasteiger partial charge in [-0.15, -0.1) is 0 Å². The number of anilines is 3. The average molecular weight is 594 g/mol. The summed E-state index contributed by atoms with van der Waals surface area (Å²) in [5, 5.41) is 24.3. The van der Waals surface area contributed by atoms with Crippen LogP contribution in [0, 0.1) is 0 Å². The Balaban J connectivity index is 1.31. The molecular formula is C32H39N3O6S. The zero-order valence-electron chi connectivity index (χ0n) is 23.5. The third-order valence-corrected chi connectivity index (χ3v) is 7.97. The highest BCUT2D eigenvalue weighted by atomic mass is 32.2. The van der Waals surface area contributed by atoms with Gasteiger partial charge in [-0.2, -0.15) is 11.8 Å². The molecule has 1 heterocycles. The van der Waals surface area contributed by atoms with Crippen molar-refractivity contribution in [2.45, 2.75) is 57.2 Å². The molecule has 6 N–H and O–H groups in total. The molecule has 0 aliphatic carbocycles. The second-order valence-electron chi connectivity index (χ2n) is 10.2. The smallest absolute Gasteiger partial charge is 0.224 e. The quantitative estimate of drug-likeness (QED) is 0.127. The van der Waals surface area contributed by atoms with Crippen LogP contribution in [-0.2, 0) is 25.7 Å². The topological polar surface area (TPSA) is 143 Å². The summed E-state index contributed by atoms with van der Waals surface area (Å²) in [6, 6.07) is 22.3. The number of carbonyl (C=O) groups is 2. The largest absolute Gasteiger partial charge is 0.397 e. The predicted octanol–water partition coefficient (Wildman–Crippen LogP) is 5.17. The van der Waals surface area contributed by atoms with Crippen LogP contribution in [0.4, 0.5) is 17.1 Å². The molecule has 3 unspecified atom stereocenters. The standard InChI is InChI=1S/C32H39N3O6S/c33-27-8-1-2-9-28(27)35-31(39)11-4-3-10-30(38)34-25-7-5-6-24(18-25)32-40-26(21-42-17-16-36)19-29(41-32)23-14-12-22(20-37)13-15-23/h1-2,5-9,12-15,18,26,29,32,36-37H,3-4,10-11,16-17,19-21,33H2,(H,34,38)(H,35,39). The Hall–Kier alpha value is -3.41. The molecule has 3 aromatic carbocycles. The molecule has 1 saturated heterocycles. The number of para-hydroxylation sites is 2. The maximum atomic E-state index is 12.6. The number of thioether (sulfide) groups is 1. The van der Waals surface area contributed by atoms with Crippen molar-refractivity contribution in [1.82, 2.24) is 0 Å². The Morgan fingerprint density at radius 1 is 0.881 bits per heavy atom. The molecule has 1 fully saturated rings. The summed E-state index contributed by atoms with van der Waals surface area (Å²) in [5.74, 6) is 1.09. The first kappa shape index (κ1) is 31.5. The van der Waals surface area contributed by atoms with Gasteiger partial charge in [-0.3, -0.25) is 9.59 Å². The van der Waals surface area contributed by atoms with Crippen molar-refractivity contribution in [3.05, 3.63) is 89.5 Å². The Labute approximate surface area is 250 Å². The van der Waals surface area contributed by atoms with Crippen molar-refractivity contribution in [2.24, 2.45) is 0 Å². The molecule has 0 radical (unpaired) electrons. The van der Waals surface area contributed by atoms with Crippen molar-refractivity contribution in [1.29, 1.82) is 0 Å². The summed E-state index contributed by atoms with van der Waals surface area (Å²) in [4.78, 5) is 24.9. The molecule has 3 aromatic rings. The number of hydrogen-bond donors (Lipinski definition) is 5. The van der Waals surface area contributed by atoms with E-state index in [1.54, 1.807) is 23.9 Å². The van der Waals surface area contributed by atoms with Crippen molar-refractivity contribution in [2.75, 3.05) is 34.5 Å². The van der Waals surface area contributed by atoms with Crippen LogP contribution in [0.25, 0.3) is 0 Å². The van der Waals surface area contributed by atoms with Gasteiger partial charge in [0.15, 0.2) is 6.29 Å². The molecular weight excluding hydrogens is 554 g/mol. The monoisotopic (exact) mass is 593 g/mol. The van der Waals surface area contributed by atoms with Gasteiger partial charge in [0.05, 0.1) is 36.8 Å². The summed E-state index contributed by atoms with van der Waals surface area (Å²) in [6.45, 7) is 0.0940. The van der Waals surface area contributed by atoms with E-state index in [9.17, 15) is 19.8 Å². The number of ether oxygens (including phenoxy) is 2. The minimum Gasteiger partial charge on any atom is -0.397 e. The Bertz CT molecular complexity index is 1310. The first-order valence-corrected chi connectivity index (χ1v) is 15.3. The lowest BCUT2D eigenvalue weighted by molar-refractivity contribution is -0.245. The summed E-state index contributed by atoms with van der Waals surface area (Å²) < 4.78 is 12.7. The van der Waals surface area contributed by atoms with Gasteiger partial charge in [0.1, 0.15) is 0 Å². The van der Waals surface area contributed by atoms with Gasteiger partial charge in [0, 0.05) is 42.0 Å². The maximum absolute atomic E-state index is 12.6. The fraction of sp³-hybridized carbons (Fsp3) is 0.375. The van der Waals surface area contributed by atoms with Gasteiger partial charge in [-0.25, -0.2) is 0 Å². The molecule has 4 rings (SSSR count). The molecule has 42 heavy (non-hydrogen) atoms. The highest BCUT2D eigenvalue weighted by molar-refractivity contribution is 7.99. The predicted molar refractivity (Wildman–Crippen MR) is 166 cm³/mol. The summed E-state index contributed by atoms with van der Waals surface area (Å²) in [5.41, 5.74) is 10.2. The third kappa shape index (κ3) is 9.57. The van der Waals surface area contributed by atoms with E-state index in [4.69, 9.17) is 15.2 Å². The van der Waals surface area contributed by atoms with E-state index >= 15 is 0 Å². The van der Waals surface area contributed by atoms with Crippen molar-refractivity contribution in [3.8, 4) is 0 Å². The molecule has 224 valence electrons. The van der Waals surface area contributed by atoms with Crippen LogP contribution in [0.1, 0.15) is 61.2 Å². The lowest BCUT2D eigenvalue weighted by Gasteiger charge is -2.36. The van der Waals surface area contributed by atoms with Gasteiger partial charge in [0.25, 0.3) is 0 Å². The second-order valence-corrected chi connectivity index (χ2v) is 11.3. The van der Waals surface area contributed by atoms with E-state index in [-0.39, 0.29) is 43.7 Å². The minimum absolute atomic E-state index is 0.0182. The molecule has 2 amide bonds. The Morgan fingerprint density at radius 2 is 1.62 bits per heavy atom. The van der Waals surface area contributed by atoms with E-state index in [0.29, 0.717) is 48.5 Å². The fourth-order valence-corrected chi connectivity index (χ4v) is 5.46. The highest BCUT2D eigenvalue weighted by Gasteiger charge is 2.32. The zero-order valence-corrected chi connectivity index (χ0v) is 24.4. The van der Waals surface area contributed by atoms with Gasteiger partial charge >= 0.3 is 0 Å². The number of benzene rings is 3. The van der Waals surface area contributed by atoms with Crippen LogP contribution in [-0.4, -0.2) is 46.2 Å². The zero-order chi connectivity index (χ0) is 29.7. The van der Waals surface area contributed by atoms with Gasteiger partial charge in [0.2, 0.25) is 11.8 Å². The Morgan fingerprint density at radius 3 is 2.33 bits per heavy atom. The van der Waals surface area contributed by atoms with E-state index < -0.39 is 6.29 Å². The molecule has 0 saturated carbocycles. The molecule has 10 heteroatoms. The summed E-state index contributed by atoms with van der Waals surface area (Å²) in [6.07, 6.45) is 1.48. The third-order valence-electron chi connectivity index (χ3n) is 6.89. The highest BCUT2D eigenvalue weighted by Crippen LogP contribution is 2.39. The number of rotatable bonds is 14. The maximum Gasteiger partial charge on any atom is 0.224 e. The first-order valence-electron chi connectivity index (χ1n) is 14.2. The summed E-state index contributed by atoms with van der Waals surface area (Å²) >= 11 is 1.63. The molecule has 0 bridgehead atoms. The number of nitrogen functional groups attached to an aromatic ring is 1. The van der Waals surface area contributed by atoms with Gasteiger partial charge in [-0.05, 0) is 48.2 Å². The molecule has 3 atom stereocenters. The van der Waals surface area contributed by atoms with Crippen LogP contribution in [0.2, 0.25) is 0 Å². The van der Waals surface area contributed by atoms with E-state index in [1.165, 1.54) is 0 Å². The van der Waals surface area contributed by atoms with Crippen LogP contribution >= 0.6 is 11.8 Å². The van der Waals surface area contributed by atoms with Crippen LogP contribution in [0.15, 0.2) is 72.8 Å². The SMILES string of the molecule is Nc1ccccc1NC(=O)CCCCC(=O)Nc1cccc(C2OC(CSCCO)CC(c3ccc(CO)cc3)O2)c1. The lowest BCUT2D eigenvalue weighted by Crippen LogP contribution is -2.31. The fourth-order valence-electron chi connectivity index (χ4n) is 4.68. The number of nitrogens with one attached hydrogen (secondary N) is 2. The molecule has 1 aliphatic rings. The van der Waals surface area contributed by atoms with Crippen molar-refractivity contribution < 1.29 is 29.3 Å². The van der Waals surface area contributed by atoms with Crippen LogP contribution < -0.4 is 16.4 Å². The normalized spacial score (nSPS) is 18.4. The van der Waals surface area contributed by atoms with E-state index in [1.807, 2.05) is 60.7 Å². The molecule has 0 spiro atoms. The number of unbranched alkanes of at least 4 members (excludes halogenated alkanes) is 1. The molecule has 1 aliphatic heterocycles. The number of nitrogens with two attached hydrogens (primary N) is 1. The Kier molecular flexibility index (Phi) is 12.2. The number of amides is 2. The second kappa shape index (κ2) is 16.3. The van der Waals surface area contributed by atoms with Crippen LogP contribution in [0.5, 0.6) is 0 Å². The first-order chi connectivity index (χ1) is 20.4. The van der Waals surface area contributed by atoms with Gasteiger partial charge < -0.3 is 36.1 Å². The number of carbonyl (C=O) groups excluding carboxylic acids is 2. The van der Waals surface area contributed by atoms with Crippen molar-refractivity contribution >= 4 is 40.6 Å². The number of aliphatic hydroxyl groups is 2. The van der Waals surface area contributed by atoms with E-state index in [0.717, 1.165) is 22.4 Å². The van der Waals surface area contributed by atoms with Crippen molar-refractivity contribution in [3.63, 3.8) is 0 Å². The number of hydrogen-bond acceptors (Lipinski definition) is 8. The molecule has 9 nitrogen and oxygen atoms in total. The summed E-state index contributed by atoms with van der Waals surface area (Å²) in [7, 11) is 0.